The maximum absolute atomic E-state index is 13.6. The van der Waals surface area contributed by atoms with E-state index in [1.54, 1.807) is 64.3 Å². The summed E-state index contributed by atoms with van der Waals surface area (Å²) in [5.41, 5.74) is 1.36. The van der Waals surface area contributed by atoms with Gasteiger partial charge in [-0.25, -0.2) is 4.79 Å². The number of aryl methyl sites for hydroxylation is 1. The maximum atomic E-state index is 13.6. The van der Waals surface area contributed by atoms with Gasteiger partial charge in [-0.15, -0.1) is 0 Å². The number of nitrogens with one attached hydrogen (secondary N) is 1. The number of ether oxygens (including phenoxy) is 15. The highest BCUT2D eigenvalue weighted by atomic mass is 16.7. The number of aliphatic hydroxyl groups excluding tert-OH is 1. The van der Waals surface area contributed by atoms with E-state index < -0.39 is 59.6 Å². The number of unbranched alkanes of at least 4 members (excludes halogenated alkanes) is 1. The maximum Gasteiger partial charge on any atom is 0.333 e. The van der Waals surface area contributed by atoms with Crippen LogP contribution in [-0.2, 0) is 105 Å². The van der Waals surface area contributed by atoms with Crippen LogP contribution in [0.3, 0.4) is 0 Å². The van der Waals surface area contributed by atoms with E-state index in [-0.39, 0.29) is 39.0 Å². The number of carbonyl (C=O) groups is 5. The summed E-state index contributed by atoms with van der Waals surface area (Å²) in [7, 11) is 1.63. The predicted molar refractivity (Wildman–Crippen MR) is 294 cm³/mol. The molecule has 0 saturated carbocycles. The smallest absolute Gasteiger partial charge is 0.333 e. The van der Waals surface area contributed by atoms with Crippen molar-refractivity contribution in [3.8, 4) is 11.5 Å². The molecule has 24 nitrogen and oxygen atoms in total. The number of imide groups is 1. The molecule has 1 saturated heterocycles. The number of methoxy groups -OCH3 is 1. The van der Waals surface area contributed by atoms with E-state index >= 15 is 0 Å². The van der Waals surface area contributed by atoms with E-state index in [9.17, 15) is 34.2 Å². The molecule has 3 N–H and O–H groups in total. The van der Waals surface area contributed by atoms with Crippen LogP contribution in [0.25, 0.3) is 0 Å². The van der Waals surface area contributed by atoms with Gasteiger partial charge in [-0.3, -0.25) is 24.1 Å². The molecule has 0 radical (unpaired) electrons. The van der Waals surface area contributed by atoms with E-state index in [0.29, 0.717) is 181 Å². The van der Waals surface area contributed by atoms with Crippen molar-refractivity contribution in [3.05, 3.63) is 71.3 Å². The number of esters is 1. The molecule has 0 bridgehead atoms. The summed E-state index contributed by atoms with van der Waals surface area (Å²) in [6.07, 6.45) is 0.852. The van der Waals surface area contributed by atoms with Gasteiger partial charge in [0.05, 0.1) is 150 Å². The molecular weight excluding hydrogens is 1080 g/mol. The molecule has 3 amide bonds. The molecule has 2 aliphatic heterocycles. The van der Waals surface area contributed by atoms with Crippen LogP contribution >= 0.6 is 0 Å². The fourth-order valence-electron chi connectivity index (χ4n) is 7.77. The third-order valence-electron chi connectivity index (χ3n) is 12.2. The summed E-state index contributed by atoms with van der Waals surface area (Å²) in [4.78, 5) is 64.3. The second kappa shape index (κ2) is 41.7. The zero-order chi connectivity index (χ0) is 59.1. The molecule has 2 heterocycles. The zero-order valence-electron chi connectivity index (χ0n) is 48.2. The third kappa shape index (κ3) is 29.9. The molecule has 0 aromatic heterocycles. The molecular formula is C58H88N2O22. The highest BCUT2D eigenvalue weighted by molar-refractivity contribution is 6.15. The van der Waals surface area contributed by atoms with Crippen LogP contribution in [0.5, 0.6) is 11.5 Å². The first-order valence-corrected chi connectivity index (χ1v) is 28.1. The van der Waals surface area contributed by atoms with Crippen molar-refractivity contribution in [3.63, 3.8) is 0 Å². The minimum absolute atomic E-state index is 0.0496. The van der Waals surface area contributed by atoms with Crippen molar-refractivity contribution in [2.45, 2.75) is 90.4 Å². The molecule has 2 aromatic rings. The minimum atomic E-state index is -1.24. The molecule has 24 heteroatoms. The second-order valence-electron chi connectivity index (χ2n) is 19.9. The van der Waals surface area contributed by atoms with Gasteiger partial charge in [0, 0.05) is 50.6 Å². The lowest BCUT2D eigenvalue weighted by molar-refractivity contribution is -0.195. The van der Waals surface area contributed by atoms with Crippen LogP contribution in [0.4, 0.5) is 0 Å². The van der Waals surface area contributed by atoms with Crippen molar-refractivity contribution < 1.29 is 105 Å². The van der Waals surface area contributed by atoms with Crippen LogP contribution in [-0.4, -0.2) is 228 Å². The number of carboxylic acids is 1. The van der Waals surface area contributed by atoms with Gasteiger partial charge in [-0.2, -0.15) is 0 Å². The van der Waals surface area contributed by atoms with Gasteiger partial charge in [0.2, 0.25) is 12.2 Å². The highest BCUT2D eigenvalue weighted by Gasteiger charge is 2.37. The molecule has 4 unspecified atom stereocenters. The van der Waals surface area contributed by atoms with Gasteiger partial charge >= 0.3 is 11.9 Å². The number of amides is 3. The molecule has 4 atom stereocenters. The number of hydrogen-bond donors (Lipinski definition) is 3. The summed E-state index contributed by atoms with van der Waals surface area (Å²) in [5.74, 6) is -2.35. The fourth-order valence-corrected chi connectivity index (χ4v) is 7.77. The van der Waals surface area contributed by atoms with Gasteiger partial charge in [0.25, 0.3) is 11.8 Å². The van der Waals surface area contributed by atoms with Crippen molar-refractivity contribution in [1.29, 1.82) is 0 Å². The summed E-state index contributed by atoms with van der Waals surface area (Å²) < 4.78 is 82.9. The number of nitrogens with zero attached hydrogens (tertiary/aromatic N) is 1. The van der Waals surface area contributed by atoms with Gasteiger partial charge in [-0.1, -0.05) is 24.3 Å². The summed E-state index contributed by atoms with van der Waals surface area (Å²) in [5, 5.41) is 22.7. The Labute approximate surface area is 481 Å². The third-order valence-corrected chi connectivity index (χ3v) is 12.2. The Morgan fingerprint density at radius 1 is 0.634 bits per heavy atom. The van der Waals surface area contributed by atoms with E-state index in [1.807, 2.05) is 6.07 Å². The largest absolute Gasteiger partial charge is 0.491 e. The van der Waals surface area contributed by atoms with Crippen LogP contribution in [0, 0.1) is 5.41 Å². The molecule has 82 heavy (non-hydrogen) atoms. The molecule has 462 valence electrons. The molecule has 2 aromatic carbocycles. The van der Waals surface area contributed by atoms with Crippen LogP contribution in [0.1, 0.15) is 63.1 Å². The van der Waals surface area contributed by atoms with Gasteiger partial charge < -0.3 is 86.6 Å². The Bertz CT molecular complexity index is 2120. The first kappa shape index (κ1) is 69.3. The first-order chi connectivity index (χ1) is 39.7. The van der Waals surface area contributed by atoms with Crippen molar-refractivity contribution in [2.75, 3.05) is 159 Å². The number of aliphatic carboxylic acids is 1. The topological polar surface area (TPSA) is 280 Å². The van der Waals surface area contributed by atoms with E-state index in [4.69, 9.17) is 71.1 Å². The average molecular weight is 1170 g/mol. The van der Waals surface area contributed by atoms with Crippen molar-refractivity contribution >= 4 is 29.7 Å². The van der Waals surface area contributed by atoms with Gasteiger partial charge in [0.15, 0.2) is 6.10 Å². The van der Waals surface area contributed by atoms with Crippen molar-refractivity contribution in [1.82, 2.24) is 10.2 Å². The van der Waals surface area contributed by atoms with Crippen molar-refractivity contribution in [2.24, 2.45) is 5.41 Å². The van der Waals surface area contributed by atoms with E-state index in [1.165, 1.54) is 0 Å². The van der Waals surface area contributed by atoms with Crippen LogP contribution in [0.2, 0.25) is 0 Å². The molecule has 0 aliphatic carbocycles. The summed E-state index contributed by atoms with van der Waals surface area (Å²) in [6.45, 7) is 15.5. The molecule has 4 rings (SSSR count). The Hall–Kier alpha value is -5.19. The quantitative estimate of drug-likeness (QED) is 0.0487. The lowest BCUT2D eigenvalue weighted by Gasteiger charge is -2.31. The number of benzene rings is 2. The standard InChI is InChI=1S/C58H88N2O22/c1-58(2,3)57(67)80-43-46-11-8-44(40-50(46)81-54-42-47(61)41-51(82-54)56(65)66)7-5-6-16-59-55(64)49(60-52(62)14-15-53(60)63)39-45-9-12-48(13-10-45)79-38-37-78-36-35-77-34-33-76-32-31-75-30-29-74-28-27-73-26-25-72-24-23-71-22-21-70-20-19-69-18-17-68-4/h8-15,40,47,49,51,54,61H,5-7,16-39,41-43H2,1-4H3,(H,59,64)(H,65,66). The molecule has 2 aliphatic rings. The Balaban J connectivity index is 1.01. The van der Waals surface area contributed by atoms with E-state index in [2.05, 4.69) is 5.32 Å². The fraction of sp³-hybridized carbons (Fsp3) is 0.672. The van der Waals surface area contributed by atoms with Crippen LogP contribution < -0.4 is 14.8 Å². The van der Waals surface area contributed by atoms with Crippen LogP contribution in [0.15, 0.2) is 54.6 Å². The van der Waals surface area contributed by atoms with E-state index in [0.717, 1.165) is 22.6 Å². The highest BCUT2D eigenvalue weighted by Crippen LogP contribution is 2.29. The first-order valence-electron chi connectivity index (χ1n) is 28.1. The Kier molecular flexibility index (Phi) is 35.3. The normalized spacial score (nSPS) is 16.6. The molecule has 1 fully saturated rings. The zero-order valence-corrected chi connectivity index (χ0v) is 48.2. The summed E-state index contributed by atoms with van der Waals surface area (Å²) >= 11 is 0. The lowest BCUT2D eigenvalue weighted by Crippen LogP contribution is -2.51. The number of rotatable bonds is 48. The average Bonchev–Trinajstić information content (AvgIpc) is 4.05. The number of aliphatic hydroxyl groups is 1. The SMILES string of the molecule is COCCOCCOCCOCCOCCOCCOCCOCCOCCOCCOCCOc1ccc(CC(C(=O)NCCCCc2ccc(COC(=O)C(C)(C)C)c(OC3CC(O)CC(C(=O)O)O3)c2)N2C(=O)C=CC2=O)cc1. The molecule has 0 spiro atoms. The minimum Gasteiger partial charge on any atom is -0.491 e. The summed E-state index contributed by atoms with van der Waals surface area (Å²) in [6, 6.07) is 11.3. The Morgan fingerprint density at radius 2 is 1.10 bits per heavy atom. The van der Waals surface area contributed by atoms with Gasteiger partial charge in [0.1, 0.15) is 30.8 Å². The van der Waals surface area contributed by atoms with Gasteiger partial charge in [-0.05, 0) is 69.4 Å². The predicted octanol–water partition coefficient (Wildman–Crippen LogP) is 3.27. The monoisotopic (exact) mass is 1160 g/mol. The number of carboxylic acid groups (broad SMARTS) is 1. The second-order valence-corrected chi connectivity index (χ2v) is 19.9. The number of carbonyl (C=O) groups excluding carboxylic acids is 4. The number of hydrogen-bond acceptors (Lipinski definition) is 21. The Morgan fingerprint density at radius 3 is 1.56 bits per heavy atom. The lowest BCUT2D eigenvalue weighted by atomic mass is 9.97.